The van der Waals surface area contributed by atoms with Gasteiger partial charge in [-0.3, -0.25) is 9.36 Å². The van der Waals surface area contributed by atoms with Crippen molar-refractivity contribution >= 4 is 33.4 Å². The molecule has 5 rings (SSSR count). The summed E-state index contributed by atoms with van der Waals surface area (Å²) in [6, 6.07) is 9.47. The number of imidazole rings is 1. The summed E-state index contributed by atoms with van der Waals surface area (Å²) in [4.78, 5) is 35.4. The molecule has 3 aromatic heterocycles. The van der Waals surface area contributed by atoms with Crippen molar-refractivity contribution < 1.29 is 13.2 Å². The summed E-state index contributed by atoms with van der Waals surface area (Å²) in [6.07, 6.45) is 10.9. The van der Waals surface area contributed by atoms with E-state index in [1.807, 2.05) is 16.8 Å². The third kappa shape index (κ3) is 5.30. The number of benzene rings is 1. The summed E-state index contributed by atoms with van der Waals surface area (Å²) >= 11 is 0. The van der Waals surface area contributed by atoms with E-state index in [0.29, 0.717) is 31.6 Å². The third-order valence-corrected chi connectivity index (χ3v) is 7.16. The molecule has 0 spiro atoms. The number of carbonyl (C=O) groups is 1. The molecular formula is C23H23N9O3S. The molecule has 0 radical (unpaired) electrons. The first-order valence-corrected chi connectivity index (χ1v) is 12.7. The standard InChI is InChI=1S/C23H23N9O3S/c33-22(29-18-2-4-19(5-3-18)36(34,35)30-23-25-8-1-9-26-23)17-6-11-31(12-7-17)20-14-21(28-15-27-20)32-13-10-24-16-32/h1-5,8-10,13-17H,6-7,11-12H2,(H,29,33)(H,25,26,30). The summed E-state index contributed by atoms with van der Waals surface area (Å²) < 4.78 is 29.2. The molecule has 1 amide bonds. The molecular weight excluding hydrogens is 482 g/mol. The Bertz CT molecular complexity index is 1420. The van der Waals surface area contributed by atoms with Gasteiger partial charge in [-0.25, -0.2) is 38.1 Å². The minimum Gasteiger partial charge on any atom is -0.356 e. The minimum absolute atomic E-state index is 0.0128. The summed E-state index contributed by atoms with van der Waals surface area (Å²) in [5.74, 6) is 1.27. The van der Waals surface area contributed by atoms with Crippen LogP contribution in [-0.4, -0.2) is 56.9 Å². The van der Waals surface area contributed by atoms with Crippen LogP contribution in [-0.2, 0) is 14.8 Å². The number of rotatable bonds is 7. The lowest BCUT2D eigenvalue weighted by Gasteiger charge is -2.32. The molecule has 1 aliphatic heterocycles. The summed E-state index contributed by atoms with van der Waals surface area (Å²) in [6.45, 7) is 1.37. The minimum atomic E-state index is -3.84. The zero-order valence-electron chi connectivity index (χ0n) is 19.1. The fourth-order valence-electron chi connectivity index (χ4n) is 3.91. The van der Waals surface area contributed by atoms with Crippen molar-refractivity contribution in [2.45, 2.75) is 17.7 Å². The van der Waals surface area contributed by atoms with E-state index in [0.717, 1.165) is 11.6 Å². The lowest BCUT2D eigenvalue weighted by Crippen LogP contribution is -2.38. The molecule has 4 aromatic rings. The fourth-order valence-corrected chi connectivity index (χ4v) is 4.87. The molecule has 0 atom stereocenters. The van der Waals surface area contributed by atoms with Gasteiger partial charge >= 0.3 is 0 Å². The van der Waals surface area contributed by atoms with Gasteiger partial charge in [0.05, 0.1) is 4.90 Å². The van der Waals surface area contributed by atoms with Crippen LogP contribution in [0.2, 0.25) is 0 Å². The molecule has 0 aliphatic carbocycles. The number of nitrogens with one attached hydrogen (secondary N) is 2. The largest absolute Gasteiger partial charge is 0.356 e. The third-order valence-electron chi connectivity index (χ3n) is 5.82. The molecule has 4 heterocycles. The Labute approximate surface area is 207 Å². The SMILES string of the molecule is O=C(Nc1ccc(S(=O)(=O)Nc2ncccn2)cc1)C1CCN(c2cc(-n3ccnc3)ncn2)CC1. The Kier molecular flexibility index (Phi) is 6.54. The zero-order valence-corrected chi connectivity index (χ0v) is 19.9. The van der Waals surface area contributed by atoms with Crippen LogP contribution in [0.5, 0.6) is 0 Å². The number of nitrogens with zero attached hydrogens (tertiary/aromatic N) is 7. The van der Waals surface area contributed by atoms with Gasteiger partial charge in [-0.1, -0.05) is 0 Å². The van der Waals surface area contributed by atoms with E-state index in [4.69, 9.17) is 0 Å². The van der Waals surface area contributed by atoms with E-state index in [-0.39, 0.29) is 22.7 Å². The zero-order chi connectivity index (χ0) is 25.0. The van der Waals surface area contributed by atoms with Crippen LogP contribution in [0.15, 0.2) is 78.7 Å². The second kappa shape index (κ2) is 10.1. The molecule has 1 fully saturated rings. The highest BCUT2D eigenvalue weighted by Gasteiger charge is 2.26. The van der Waals surface area contributed by atoms with E-state index >= 15 is 0 Å². The van der Waals surface area contributed by atoms with E-state index in [1.165, 1.54) is 30.9 Å². The van der Waals surface area contributed by atoms with Gasteiger partial charge in [0.25, 0.3) is 10.0 Å². The van der Waals surface area contributed by atoms with Gasteiger partial charge in [-0.05, 0) is 43.2 Å². The van der Waals surface area contributed by atoms with E-state index < -0.39 is 10.0 Å². The highest BCUT2D eigenvalue weighted by Crippen LogP contribution is 2.24. The highest BCUT2D eigenvalue weighted by molar-refractivity contribution is 7.92. The van der Waals surface area contributed by atoms with Crippen LogP contribution in [0.25, 0.3) is 5.82 Å². The second-order valence-electron chi connectivity index (χ2n) is 8.16. The predicted octanol–water partition coefficient (Wildman–Crippen LogP) is 2.11. The molecule has 13 heteroatoms. The van der Waals surface area contributed by atoms with Crippen LogP contribution in [0.1, 0.15) is 12.8 Å². The normalized spacial score (nSPS) is 14.4. The second-order valence-corrected chi connectivity index (χ2v) is 9.84. The fraction of sp³-hybridized carbons (Fsp3) is 0.217. The van der Waals surface area contributed by atoms with E-state index in [9.17, 15) is 13.2 Å². The van der Waals surface area contributed by atoms with Crippen LogP contribution >= 0.6 is 0 Å². The Hall–Kier alpha value is -4.39. The number of anilines is 3. The molecule has 36 heavy (non-hydrogen) atoms. The van der Waals surface area contributed by atoms with Gasteiger partial charge in [0.15, 0.2) is 0 Å². The number of hydrogen-bond acceptors (Lipinski definition) is 9. The Morgan fingerprint density at radius 3 is 2.36 bits per heavy atom. The Morgan fingerprint density at radius 2 is 1.67 bits per heavy atom. The van der Waals surface area contributed by atoms with Gasteiger partial charge in [-0.15, -0.1) is 0 Å². The molecule has 184 valence electrons. The molecule has 0 unspecified atom stereocenters. The van der Waals surface area contributed by atoms with Crippen molar-refractivity contribution in [2.24, 2.45) is 5.92 Å². The molecule has 2 N–H and O–H groups in total. The van der Waals surface area contributed by atoms with Gasteiger partial charge in [0.1, 0.15) is 24.3 Å². The number of hydrogen-bond donors (Lipinski definition) is 2. The maximum atomic E-state index is 12.8. The molecule has 0 saturated carbocycles. The Balaban J connectivity index is 1.16. The van der Waals surface area contributed by atoms with E-state index in [1.54, 1.807) is 30.7 Å². The lowest BCUT2D eigenvalue weighted by molar-refractivity contribution is -0.120. The van der Waals surface area contributed by atoms with Gasteiger partial charge in [0.2, 0.25) is 11.9 Å². The monoisotopic (exact) mass is 505 g/mol. The summed E-state index contributed by atoms with van der Waals surface area (Å²) in [5.41, 5.74) is 0.526. The van der Waals surface area contributed by atoms with Crippen LogP contribution in [0, 0.1) is 5.92 Å². The summed E-state index contributed by atoms with van der Waals surface area (Å²) in [7, 11) is -3.84. The number of amides is 1. The quantitative estimate of drug-likeness (QED) is 0.385. The molecule has 1 aromatic carbocycles. The highest BCUT2D eigenvalue weighted by atomic mass is 32.2. The molecule has 12 nitrogen and oxygen atoms in total. The average Bonchev–Trinajstić information content (AvgIpc) is 3.45. The molecule has 1 saturated heterocycles. The summed E-state index contributed by atoms with van der Waals surface area (Å²) in [5, 5.41) is 2.89. The number of piperidine rings is 1. The van der Waals surface area contributed by atoms with E-state index in [2.05, 4.69) is 39.9 Å². The number of carbonyl (C=O) groups excluding carboxylic acids is 1. The van der Waals surface area contributed by atoms with Gasteiger partial charge in [0, 0.05) is 55.5 Å². The smallest absolute Gasteiger partial charge is 0.264 e. The van der Waals surface area contributed by atoms with Crippen molar-refractivity contribution in [3.63, 3.8) is 0 Å². The van der Waals surface area contributed by atoms with Crippen molar-refractivity contribution in [1.82, 2.24) is 29.5 Å². The predicted molar refractivity (Wildman–Crippen MR) is 132 cm³/mol. The first-order valence-electron chi connectivity index (χ1n) is 11.2. The van der Waals surface area contributed by atoms with Gasteiger partial charge < -0.3 is 10.2 Å². The maximum Gasteiger partial charge on any atom is 0.264 e. The van der Waals surface area contributed by atoms with Crippen molar-refractivity contribution in [3.05, 3.63) is 73.8 Å². The first-order chi connectivity index (χ1) is 17.5. The number of aromatic nitrogens is 6. The van der Waals surface area contributed by atoms with Crippen LogP contribution in [0.4, 0.5) is 17.5 Å². The maximum absolute atomic E-state index is 12.8. The first kappa shape index (κ1) is 23.4. The van der Waals surface area contributed by atoms with Crippen molar-refractivity contribution in [2.75, 3.05) is 28.0 Å². The topological polar surface area (TPSA) is 148 Å². The van der Waals surface area contributed by atoms with Gasteiger partial charge in [-0.2, -0.15) is 0 Å². The van der Waals surface area contributed by atoms with Crippen molar-refractivity contribution in [1.29, 1.82) is 0 Å². The Morgan fingerprint density at radius 1 is 0.944 bits per heavy atom. The van der Waals surface area contributed by atoms with Crippen LogP contribution < -0.4 is 14.9 Å². The van der Waals surface area contributed by atoms with Crippen LogP contribution in [0.3, 0.4) is 0 Å². The average molecular weight is 506 g/mol. The van der Waals surface area contributed by atoms with Crippen molar-refractivity contribution in [3.8, 4) is 5.82 Å². The molecule has 1 aliphatic rings. The molecule has 0 bridgehead atoms. The number of sulfonamides is 1. The lowest BCUT2D eigenvalue weighted by atomic mass is 9.96.